The van der Waals surface area contributed by atoms with Crippen LogP contribution in [0.2, 0.25) is 0 Å². The van der Waals surface area contributed by atoms with Gasteiger partial charge in [0.2, 0.25) is 0 Å². The third-order valence-electron chi connectivity index (χ3n) is 3.67. The van der Waals surface area contributed by atoms with Crippen LogP contribution in [0, 0.1) is 6.92 Å². The normalized spacial score (nSPS) is 12.5. The fraction of sp³-hybridized carbons (Fsp3) is 0.263. The molecule has 0 heterocycles. The summed E-state index contributed by atoms with van der Waals surface area (Å²) in [5.41, 5.74) is 3.73. The van der Waals surface area contributed by atoms with Crippen LogP contribution in [0.1, 0.15) is 35.6 Å². The van der Waals surface area contributed by atoms with Gasteiger partial charge in [-0.3, -0.25) is 0 Å². The Hall–Kier alpha value is -2.03. The van der Waals surface area contributed by atoms with Crippen LogP contribution in [0.5, 0.6) is 0 Å². The van der Waals surface area contributed by atoms with E-state index in [1.54, 1.807) is 0 Å². The van der Waals surface area contributed by atoms with Crippen molar-refractivity contribution in [2.24, 2.45) is 0 Å². The van der Waals surface area contributed by atoms with Gasteiger partial charge in [0.05, 0.1) is 5.56 Å². The topological polar surface area (TPSA) is 0 Å². The summed E-state index contributed by atoms with van der Waals surface area (Å²) in [5.74, 6) is 0. The Balaban J connectivity index is 1.98. The number of alkyl halides is 3. The van der Waals surface area contributed by atoms with Crippen molar-refractivity contribution >= 4 is 5.57 Å². The van der Waals surface area contributed by atoms with Gasteiger partial charge in [-0.1, -0.05) is 48.0 Å². The zero-order valence-corrected chi connectivity index (χ0v) is 12.7. The zero-order chi connectivity index (χ0) is 16.2. The molecule has 0 spiro atoms. The molecule has 0 unspecified atom stereocenters. The van der Waals surface area contributed by atoms with E-state index in [-0.39, 0.29) is 0 Å². The molecule has 0 bridgehead atoms. The third-order valence-corrected chi connectivity index (χ3v) is 3.67. The van der Waals surface area contributed by atoms with Crippen LogP contribution in [0.4, 0.5) is 13.2 Å². The molecular weight excluding hydrogens is 285 g/mol. The highest BCUT2D eigenvalue weighted by Gasteiger charge is 2.29. The van der Waals surface area contributed by atoms with E-state index < -0.39 is 11.7 Å². The van der Waals surface area contributed by atoms with Gasteiger partial charge in [0.1, 0.15) is 0 Å². The molecule has 3 heteroatoms. The third kappa shape index (κ3) is 4.48. The maximum absolute atomic E-state index is 12.5. The van der Waals surface area contributed by atoms with E-state index in [4.69, 9.17) is 0 Å². The maximum Gasteiger partial charge on any atom is 0.416 e. The van der Waals surface area contributed by atoms with Crippen LogP contribution >= 0.6 is 0 Å². The Morgan fingerprint density at radius 3 is 2.09 bits per heavy atom. The molecule has 0 saturated heterocycles. The second kappa shape index (κ2) is 6.82. The van der Waals surface area contributed by atoms with Crippen molar-refractivity contribution in [3.63, 3.8) is 0 Å². The average molecular weight is 304 g/mol. The number of hydrogen-bond acceptors (Lipinski definition) is 0. The van der Waals surface area contributed by atoms with E-state index in [0.29, 0.717) is 0 Å². The molecular formula is C19H19F3. The smallest absolute Gasteiger partial charge is 0.166 e. The summed E-state index contributed by atoms with van der Waals surface area (Å²) < 4.78 is 37.6. The highest BCUT2D eigenvalue weighted by molar-refractivity contribution is 5.63. The standard InChI is InChI=1S/C19H19F3/c1-14-6-8-16(9-7-14)5-3-4-15(2)17-10-12-18(13-11-17)19(20,21)22/h4,6-13H,3,5H2,1-2H3/b15-4+. The highest BCUT2D eigenvalue weighted by atomic mass is 19.4. The van der Waals surface area contributed by atoms with Crippen molar-refractivity contribution in [2.75, 3.05) is 0 Å². The first-order valence-corrected chi connectivity index (χ1v) is 7.26. The second-order valence-electron chi connectivity index (χ2n) is 5.49. The van der Waals surface area contributed by atoms with Gasteiger partial charge in [0, 0.05) is 0 Å². The summed E-state index contributed by atoms with van der Waals surface area (Å²) in [6.45, 7) is 3.98. The van der Waals surface area contributed by atoms with E-state index in [0.717, 1.165) is 36.1 Å². The molecule has 0 amide bonds. The predicted molar refractivity (Wildman–Crippen MR) is 84.6 cm³/mol. The SMILES string of the molecule is C/C(=C\CCc1ccc(C)cc1)c1ccc(C(F)(F)F)cc1. The Labute approximate surface area is 129 Å². The van der Waals surface area contributed by atoms with Gasteiger partial charge in [0.15, 0.2) is 0 Å². The summed E-state index contributed by atoms with van der Waals surface area (Å²) in [7, 11) is 0. The molecule has 0 aliphatic heterocycles. The molecule has 2 aromatic rings. The summed E-state index contributed by atoms with van der Waals surface area (Å²) in [5, 5.41) is 0. The average Bonchev–Trinajstić information content (AvgIpc) is 2.48. The largest absolute Gasteiger partial charge is 0.416 e. The van der Waals surface area contributed by atoms with Crippen LogP contribution < -0.4 is 0 Å². The number of aryl methyl sites for hydroxylation is 2. The van der Waals surface area contributed by atoms with Gasteiger partial charge < -0.3 is 0 Å². The van der Waals surface area contributed by atoms with Crippen molar-refractivity contribution in [1.29, 1.82) is 0 Å². The molecule has 0 N–H and O–H groups in total. The molecule has 0 atom stereocenters. The minimum absolute atomic E-state index is 0.608. The zero-order valence-electron chi connectivity index (χ0n) is 12.7. The van der Waals surface area contributed by atoms with Gasteiger partial charge in [-0.05, 0) is 55.5 Å². The maximum atomic E-state index is 12.5. The van der Waals surface area contributed by atoms with Gasteiger partial charge in [0.25, 0.3) is 0 Å². The van der Waals surface area contributed by atoms with Crippen LogP contribution in [0.25, 0.3) is 5.57 Å². The number of hydrogen-bond donors (Lipinski definition) is 0. The molecule has 0 aromatic heterocycles. The lowest BCUT2D eigenvalue weighted by atomic mass is 10.0. The van der Waals surface area contributed by atoms with Crippen LogP contribution in [0.15, 0.2) is 54.6 Å². The van der Waals surface area contributed by atoms with Gasteiger partial charge in [-0.15, -0.1) is 0 Å². The van der Waals surface area contributed by atoms with Crippen molar-refractivity contribution in [3.8, 4) is 0 Å². The molecule has 2 rings (SSSR count). The summed E-state index contributed by atoms with van der Waals surface area (Å²) in [6, 6.07) is 13.7. The number of halogens is 3. The molecule has 0 aliphatic carbocycles. The number of allylic oxidation sites excluding steroid dienone is 2. The second-order valence-corrected chi connectivity index (χ2v) is 5.49. The van der Waals surface area contributed by atoms with E-state index >= 15 is 0 Å². The minimum atomic E-state index is -4.28. The van der Waals surface area contributed by atoms with Crippen LogP contribution in [0.3, 0.4) is 0 Å². The monoisotopic (exact) mass is 304 g/mol. The number of benzene rings is 2. The lowest BCUT2D eigenvalue weighted by Gasteiger charge is -2.08. The van der Waals surface area contributed by atoms with E-state index in [1.165, 1.54) is 23.3 Å². The molecule has 0 nitrogen and oxygen atoms in total. The van der Waals surface area contributed by atoms with E-state index in [2.05, 4.69) is 37.3 Å². The summed E-state index contributed by atoms with van der Waals surface area (Å²) in [4.78, 5) is 0. The molecule has 0 fully saturated rings. The lowest BCUT2D eigenvalue weighted by molar-refractivity contribution is -0.137. The first-order valence-electron chi connectivity index (χ1n) is 7.26. The molecule has 2 aromatic carbocycles. The van der Waals surface area contributed by atoms with Gasteiger partial charge >= 0.3 is 6.18 Å². The van der Waals surface area contributed by atoms with Crippen molar-refractivity contribution in [1.82, 2.24) is 0 Å². The summed E-state index contributed by atoms with van der Waals surface area (Å²) >= 11 is 0. The predicted octanol–water partition coefficient (Wildman–Crippen LogP) is 6.05. The first kappa shape index (κ1) is 16.3. The van der Waals surface area contributed by atoms with Crippen molar-refractivity contribution < 1.29 is 13.2 Å². The molecule has 116 valence electrons. The van der Waals surface area contributed by atoms with E-state index in [9.17, 15) is 13.2 Å². The lowest BCUT2D eigenvalue weighted by Crippen LogP contribution is -2.04. The molecule has 0 radical (unpaired) electrons. The fourth-order valence-corrected chi connectivity index (χ4v) is 2.25. The van der Waals surface area contributed by atoms with Crippen molar-refractivity contribution in [3.05, 3.63) is 76.9 Å². The van der Waals surface area contributed by atoms with Crippen LogP contribution in [-0.4, -0.2) is 0 Å². The Bertz CT molecular complexity index is 632. The Kier molecular flexibility index (Phi) is 5.07. The Morgan fingerprint density at radius 1 is 0.955 bits per heavy atom. The molecule has 0 aliphatic rings. The Morgan fingerprint density at radius 2 is 1.55 bits per heavy atom. The quantitative estimate of drug-likeness (QED) is 0.645. The fourth-order valence-electron chi connectivity index (χ4n) is 2.25. The minimum Gasteiger partial charge on any atom is -0.166 e. The first-order chi connectivity index (χ1) is 10.4. The van der Waals surface area contributed by atoms with Crippen molar-refractivity contribution in [2.45, 2.75) is 32.9 Å². The summed E-state index contributed by atoms with van der Waals surface area (Å²) in [6.07, 6.45) is -0.405. The highest BCUT2D eigenvalue weighted by Crippen LogP contribution is 2.30. The van der Waals surface area contributed by atoms with Gasteiger partial charge in [-0.25, -0.2) is 0 Å². The van der Waals surface area contributed by atoms with Gasteiger partial charge in [-0.2, -0.15) is 13.2 Å². The number of rotatable bonds is 4. The molecule has 22 heavy (non-hydrogen) atoms. The molecule has 0 saturated carbocycles. The van der Waals surface area contributed by atoms with Crippen LogP contribution in [-0.2, 0) is 12.6 Å². The van der Waals surface area contributed by atoms with E-state index in [1.807, 2.05) is 6.92 Å².